The third-order valence-electron chi connectivity index (χ3n) is 4.38. The van der Waals surface area contributed by atoms with E-state index in [9.17, 15) is 0 Å². The number of benzene rings is 1. The predicted molar refractivity (Wildman–Crippen MR) is 81.1 cm³/mol. The summed E-state index contributed by atoms with van der Waals surface area (Å²) >= 11 is 0. The standard InChI is InChI=1S/C16H23N3/c1-3-8-16(15-17-9-10-18-15)11-13-6-4-5-7-14(13)19(2)12-16/h4-7H,3,8-12H2,1-2H3,(H,17,18). The van der Waals surface area contributed by atoms with E-state index in [2.05, 4.69) is 48.5 Å². The van der Waals surface area contributed by atoms with Gasteiger partial charge in [0.1, 0.15) is 5.84 Å². The van der Waals surface area contributed by atoms with Crippen molar-refractivity contribution in [3.63, 3.8) is 0 Å². The molecule has 1 aromatic carbocycles. The van der Waals surface area contributed by atoms with Crippen molar-refractivity contribution in [2.75, 3.05) is 31.6 Å². The number of hydrogen-bond acceptors (Lipinski definition) is 3. The van der Waals surface area contributed by atoms with Gasteiger partial charge in [-0.15, -0.1) is 0 Å². The lowest BCUT2D eigenvalue weighted by molar-refractivity contribution is 0.362. The molecule has 0 amide bonds. The Morgan fingerprint density at radius 2 is 2.21 bits per heavy atom. The Kier molecular flexibility index (Phi) is 3.21. The minimum absolute atomic E-state index is 0.189. The van der Waals surface area contributed by atoms with E-state index in [1.165, 1.54) is 29.9 Å². The first-order valence-electron chi connectivity index (χ1n) is 7.33. The zero-order chi connectivity index (χ0) is 13.3. The quantitative estimate of drug-likeness (QED) is 0.901. The van der Waals surface area contributed by atoms with Crippen molar-refractivity contribution in [2.24, 2.45) is 10.4 Å². The molecule has 2 aliphatic heterocycles. The zero-order valence-corrected chi connectivity index (χ0v) is 11.9. The maximum atomic E-state index is 4.74. The number of rotatable bonds is 3. The average molecular weight is 257 g/mol. The smallest absolute Gasteiger partial charge is 0.105 e. The van der Waals surface area contributed by atoms with E-state index in [0.717, 1.165) is 26.1 Å². The van der Waals surface area contributed by atoms with Crippen LogP contribution in [0, 0.1) is 5.41 Å². The molecule has 0 radical (unpaired) electrons. The van der Waals surface area contributed by atoms with Crippen LogP contribution >= 0.6 is 0 Å². The lowest BCUT2D eigenvalue weighted by atomic mass is 9.73. The molecular weight excluding hydrogens is 234 g/mol. The van der Waals surface area contributed by atoms with Crippen LogP contribution in [-0.4, -0.2) is 32.5 Å². The van der Waals surface area contributed by atoms with Crippen LogP contribution in [0.25, 0.3) is 0 Å². The van der Waals surface area contributed by atoms with Crippen LogP contribution in [0.5, 0.6) is 0 Å². The Balaban J connectivity index is 1.99. The fraction of sp³-hybridized carbons (Fsp3) is 0.562. The summed E-state index contributed by atoms with van der Waals surface area (Å²) in [6, 6.07) is 8.78. The Hall–Kier alpha value is -1.51. The number of nitrogens with zero attached hydrogens (tertiary/aromatic N) is 2. The Bertz CT molecular complexity index is 495. The molecule has 0 fully saturated rings. The lowest BCUT2D eigenvalue weighted by Gasteiger charge is -2.43. The number of fused-ring (bicyclic) bond motifs is 1. The Morgan fingerprint density at radius 1 is 1.37 bits per heavy atom. The molecule has 0 saturated carbocycles. The fourth-order valence-electron chi connectivity index (χ4n) is 3.67. The van der Waals surface area contributed by atoms with Crippen molar-refractivity contribution in [1.82, 2.24) is 5.32 Å². The highest BCUT2D eigenvalue weighted by atomic mass is 15.2. The molecule has 1 unspecified atom stereocenters. The van der Waals surface area contributed by atoms with E-state index in [0.29, 0.717) is 0 Å². The van der Waals surface area contributed by atoms with E-state index in [1.807, 2.05) is 0 Å². The van der Waals surface area contributed by atoms with Crippen LogP contribution in [0.1, 0.15) is 25.3 Å². The monoisotopic (exact) mass is 257 g/mol. The van der Waals surface area contributed by atoms with E-state index >= 15 is 0 Å². The molecule has 0 bridgehead atoms. The number of amidine groups is 1. The summed E-state index contributed by atoms with van der Waals surface area (Å²) in [7, 11) is 2.21. The number of nitrogens with one attached hydrogen (secondary N) is 1. The molecule has 102 valence electrons. The van der Waals surface area contributed by atoms with Crippen molar-refractivity contribution in [1.29, 1.82) is 0 Å². The van der Waals surface area contributed by atoms with Gasteiger partial charge in [-0.3, -0.25) is 4.99 Å². The van der Waals surface area contributed by atoms with Crippen molar-refractivity contribution in [2.45, 2.75) is 26.2 Å². The summed E-state index contributed by atoms with van der Waals surface area (Å²) in [6.45, 7) is 5.29. The van der Waals surface area contributed by atoms with Gasteiger partial charge >= 0.3 is 0 Å². The molecule has 0 aromatic heterocycles. The number of aliphatic imine (C=N–C) groups is 1. The van der Waals surface area contributed by atoms with E-state index in [-0.39, 0.29) is 5.41 Å². The average Bonchev–Trinajstić information content (AvgIpc) is 2.93. The van der Waals surface area contributed by atoms with Gasteiger partial charge in [0.2, 0.25) is 0 Å². The minimum atomic E-state index is 0.189. The maximum absolute atomic E-state index is 4.74. The van der Waals surface area contributed by atoms with Gasteiger partial charge in [-0.25, -0.2) is 0 Å². The predicted octanol–water partition coefficient (Wildman–Crippen LogP) is 2.47. The zero-order valence-electron chi connectivity index (χ0n) is 11.9. The van der Waals surface area contributed by atoms with Gasteiger partial charge in [0.15, 0.2) is 0 Å². The molecule has 0 spiro atoms. The van der Waals surface area contributed by atoms with Crippen molar-refractivity contribution in [3.05, 3.63) is 29.8 Å². The minimum Gasteiger partial charge on any atom is -0.373 e. The molecule has 1 aromatic rings. The first-order chi connectivity index (χ1) is 9.25. The fourth-order valence-corrected chi connectivity index (χ4v) is 3.67. The highest BCUT2D eigenvalue weighted by molar-refractivity contribution is 5.91. The lowest BCUT2D eigenvalue weighted by Crippen LogP contribution is -2.50. The van der Waals surface area contributed by atoms with Crippen LogP contribution in [-0.2, 0) is 6.42 Å². The third kappa shape index (κ3) is 2.11. The van der Waals surface area contributed by atoms with Gasteiger partial charge in [0, 0.05) is 31.2 Å². The van der Waals surface area contributed by atoms with Crippen LogP contribution in [0.3, 0.4) is 0 Å². The molecule has 1 N–H and O–H groups in total. The van der Waals surface area contributed by atoms with Crippen LogP contribution < -0.4 is 10.2 Å². The SMILES string of the molecule is CCCC1(C2=NCCN2)Cc2ccccc2N(C)C1. The number of hydrogen-bond donors (Lipinski definition) is 1. The van der Waals surface area contributed by atoms with Crippen LogP contribution in [0.15, 0.2) is 29.3 Å². The van der Waals surface area contributed by atoms with Crippen molar-refractivity contribution >= 4 is 11.5 Å². The van der Waals surface area contributed by atoms with Gasteiger partial charge in [-0.1, -0.05) is 31.5 Å². The second-order valence-corrected chi connectivity index (χ2v) is 5.85. The molecule has 19 heavy (non-hydrogen) atoms. The molecule has 0 aliphatic carbocycles. The van der Waals surface area contributed by atoms with E-state index in [4.69, 9.17) is 4.99 Å². The summed E-state index contributed by atoms with van der Waals surface area (Å²) in [5, 5.41) is 3.53. The van der Waals surface area contributed by atoms with Gasteiger partial charge in [0.25, 0.3) is 0 Å². The molecule has 2 aliphatic rings. The van der Waals surface area contributed by atoms with E-state index in [1.54, 1.807) is 0 Å². The highest BCUT2D eigenvalue weighted by Gasteiger charge is 2.41. The second kappa shape index (κ2) is 4.87. The van der Waals surface area contributed by atoms with Gasteiger partial charge in [-0.2, -0.15) is 0 Å². The molecule has 2 heterocycles. The van der Waals surface area contributed by atoms with Gasteiger partial charge < -0.3 is 10.2 Å². The summed E-state index contributed by atoms with van der Waals surface area (Å²) < 4.78 is 0. The Labute approximate surface area is 115 Å². The summed E-state index contributed by atoms with van der Waals surface area (Å²) in [5.41, 5.74) is 3.03. The second-order valence-electron chi connectivity index (χ2n) is 5.85. The number of para-hydroxylation sites is 1. The van der Waals surface area contributed by atoms with E-state index < -0.39 is 0 Å². The topological polar surface area (TPSA) is 27.6 Å². The molecular formula is C16H23N3. The van der Waals surface area contributed by atoms with Gasteiger partial charge in [-0.05, 0) is 24.5 Å². The first-order valence-corrected chi connectivity index (χ1v) is 7.33. The molecule has 1 atom stereocenters. The molecule has 0 saturated heterocycles. The molecule has 3 rings (SSSR count). The summed E-state index contributed by atoms with van der Waals surface area (Å²) in [6.07, 6.45) is 3.53. The van der Waals surface area contributed by atoms with Gasteiger partial charge in [0.05, 0.1) is 6.54 Å². The maximum Gasteiger partial charge on any atom is 0.105 e. The first kappa shape index (κ1) is 12.5. The normalized spacial score (nSPS) is 25.8. The summed E-state index contributed by atoms with van der Waals surface area (Å²) in [5.74, 6) is 1.25. The highest BCUT2D eigenvalue weighted by Crippen LogP contribution is 2.40. The molecule has 3 heteroatoms. The molecule has 3 nitrogen and oxygen atoms in total. The summed E-state index contributed by atoms with van der Waals surface area (Å²) in [4.78, 5) is 7.14. The number of anilines is 1. The largest absolute Gasteiger partial charge is 0.373 e. The van der Waals surface area contributed by atoms with Crippen molar-refractivity contribution < 1.29 is 0 Å². The Morgan fingerprint density at radius 3 is 2.95 bits per heavy atom. The van der Waals surface area contributed by atoms with Crippen LogP contribution in [0.4, 0.5) is 5.69 Å². The third-order valence-corrected chi connectivity index (χ3v) is 4.38. The van der Waals surface area contributed by atoms with Crippen LogP contribution in [0.2, 0.25) is 0 Å². The van der Waals surface area contributed by atoms with Crippen molar-refractivity contribution in [3.8, 4) is 0 Å².